The lowest BCUT2D eigenvalue weighted by Gasteiger charge is -2.17. The lowest BCUT2D eigenvalue weighted by Crippen LogP contribution is -2.42. The van der Waals surface area contributed by atoms with Gasteiger partial charge < -0.3 is 20.1 Å². The third-order valence-corrected chi connectivity index (χ3v) is 4.26. The molecule has 138 valence electrons. The molecule has 2 N–H and O–H groups in total. The molecule has 0 amide bonds. The van der Waals surface area contributed by atoms with Gasteiger partial charge in [0.1, 0.15) is 0 Å². The SMILES string of the molecule is CCNC(=NCc1cc(Cl)c2c(c1)OCCCO2)NC1CC=CC1.I. The fourth-order valence-corrected chi connectivity index (χ4v) is 3.08. The van der Waals surface area contributed by atoms with Crippen LogP contribution in [0.5, 0.6) is 11.5 Å². The lowest BCUT2D eigenvalue weighted by atomic mass is 10.2. The average Bonchev–Trinajstić information content (AvgIpc) is 2.96. The number of aliphatic imine (C=N–C) groups is 1. The standard InChI is InChI=1S/C18H24ClN3O2.HI/c1-2-20-18(22-14-6-3-4-7-14)21-12-13-10-15(19)17-16(11-13)23-8-5-9-24-17;/h3-4,10-11,14H,2,5-9,12H2,1H3,(H2,20,21,22);1H. The Balaban J connectivity index is 0.00000225. The van der Waals surface area contributed by atoms with Gasteiger partial charge in [0.25, 0.3) is 0 Å². The summed E-state index contributed by atoms with van der Waals surface area (Å²) in [7, 11) is 0. The first kappa shape index (κ1) is 20.2. The molecule has 0 saturated heterocycles. The number of halogens is 2. The fraction of sp³-hybridized carbons (Fsp3) is 0.500. The van der Waals surface area contributed by atoms with E-state index in [2.05, 4.69) is 34.7 Å². The highest BCUT2D eigenvalue weighted by molar-refractivity contribution is 14.0. The van der Waals surface area contributed by atoms with Crippen LogP contribution in [0.25, 0.3) is 0 Å². The molecule has 1 heterocycles. The van der Waals surface area contributed by atoms with Crippen LogP contribution in [0.15, 0.2) is 29.3 Å². The summed E-state index contributed by atoms with van der Waals surface area (Å²) in [6, 6.07) is 4.30. The summed E-state index contributed by atoms with van der Waals surface area (Å²) in [6.07, 6.45) is 7.35. The Morgan fingerprint density at radius 3 is 2.76 bits per heavy atom. The molecule has 0 fully saturated rings. The Labute approximate surface area is 171 Å². The summed E-state index contributed by atoms with van der Waals surface area (Å²) in [5.41, 5.74) is 1.01. The summed E-state index contributed by atoms with van der Waals surface area (Å²) in [5.74, 6) is 2.18. The van der Waals surface area contributed by atoms with Crippen LogP contribution in [-0.2, 0) is 6.54 Å². The molecule has 1 aromatic carbocycles. The fourth-order valence-electron chi connectivity index (χ4n) is 2.79. The third-order valence-electron chi connectivity index (χ3n) is 3.97. The lowest BCUT2D eigenvalue weighted by molar-refractivity contribution is 0.297. The maximum Gasteiger partial charge on any atom is 0.191 e. The van der Waals surface area contributed by atoms with E-state index in [1.54, 1.807) is 0 Å². The Kier molecular flexibility index (Phi) is 8.15. The van der Waals surface area contributed by atoms with Crippen molar-refractivity contribution in [2.45, 2.75) is 38.8 Å². The first-order valence-corrected chi connectivity index (χ1v) is 8.92. The number of benzene rings is 1. The van der Waals surface area contributed by atoms with Crippen molar-refractivity contribution in [1.29, 1.82) is 0 Å². The van der Waals surface area contributed by atoms with Crippen LogP contribution in [0.3, 0.4) is 0 Å². The zero-order valence-corrected chi connectivity index (χ0v) is 17.5. The Morgan fingerprint density at radius 2 is 2.00 bits per heavy atom. The van der Waals surface area contributed by atoms with E-state index in [-0.39, 0.29) is 24.0 Å². The van der Waals surface area contributed by atoms with Gasteiger partial charge in [-0.1, -0.05) is 23.8 Å². The summed E-state index contributed by atoms with van der Waals surface area (Å²) < 4.78 is 11.4. The van der Waals surface area contributed by atoms with Crippen LogP contribution >= 0.6 is 35.6 Å². The van der Waals surface area contributed by atoms with Crippen LogP contribution in [0, 0.1) is 0 Å². The molecule has 1 aromatic rings. The normalized spacial score (nSPS) is 17.0. The first-order chi connectivity index (χ1) is 11.8. The zero-order valence-electron chi connectivity index (χ0n) is 14.4. The van der Waals surface area contributed by atoms with Gasteiger partial charge in [0.05, 0.1) is 24.8 Å². The minimum atomic E-state index is 0. The Bertz CT molecular complexity index is 629. The molecule has 2 aliphatic rings. The van der Waals surface area contributed by atoms with Crippen molar-refractivity contribution in [2.75, 3.05) is 19.8 Å². The maximum absolute atomic E-state index is 6.34. The molecule has 0 atom stereocenters. The van der Waals surface area contributed by atoms with Crippen molar-refractivity contribution in [2.24, 2.45) is 4.99 Å². The summed E-state index contributed by atoms with van der Waals surface area (Å²) in [4.78, 5) is 4.67. The molecule has 25 heavy (non-hydrogen) atoms. The minimum absolute atomic E-state index is 0. The van der Waals surface area contributed by atoms with Gasteiger partial charge in [0, 0.05) is 19.0 Å². The van der Waals surface area contributed by atoms with E-state index in [0.29, 0.717) is 42.3 Å². The predicted octanol–water partition coefficient (Wildman–Crippen LogP) is 3.89. The van der Waals surface area contributed by atoms with Crippen LogP contribution in [0.2, 0.25) is 5.02 Å². The Morgan fingerprint density at radius 1 is 1.24 bits per heavy atom. The van der Waals surface area contributed by atoms with Crippen molar-refractivity contribution in [1.82, 2.24) is 10.6 Å². The smallest absolute Gasteiger partial charge is 0.191 e. The van der Waals surface area contributed by atoms with Gasteiger partial charge in [-0.05, 0) is 37.5 Å². The zero-order chi connectivity index (χ0) is 16.8. The average molecular weight is 478 g/mol. The number of nitrogens with zero attached hydrogens (tertiary/aromatic N) is 1. The van der Waals surface area contributed by atoms with Crippen molar-refractivity contribution >= 4 is 41.5 Å². The van der Waals surface area contributed by atoms with Crippen LogP contribution in [0.1, 0.15) is 31.7 Å². The van der Waals surface area contributed by atoms with Gasteiger partial charge in [0.15, 0.2) is 17.5 Å². The predicted molar refractivity (Wildman–Crippen MR) is 113 cm³/mol. The van der Waals surface area contributed by atoms with Gasteiger partial charge in [-0.2, -0.15) is 0 Å². The molecule has 0 spiro atoms. The number of guanidine groups is 1. The second-order valence-electron chi connectivity index (χ2n) is 5.93. The van der Waals surface area contributed by atoms with Gasteiger partial charge in [-0.15, -0.1) is 24.0 Å². The maximum atomic E-state index is 6.34. The van der Waals surface area contributed by atoms with E-state index < -0.39 is 0 Å². The van der Waals surface area contributed by atoms with Gasteiger partial charge in [0.2, 0.25) is 0 Å². The highest BCUT2D eigenvalue weighted by Gasteiger charge is 2.16. The highest BCUT2D eigenvalue weighted by Crippen LogP contribution is 2.38. The summed E-state index contributed by atoms with van der Waals surface area (Å²) in [6.45, 7) is 4.71. The molecule has 7 heteroatoms. The monoisotopic (exact) mass is 477 g/mol. The van der Waals surface area contributed by atoms with Crippen LogP contribution in [0.4, 0.5) is 0 Å². The molecule has 0 bridgehead atoms. The number of nitrogens with one attached hydrogen (secondary N) is 2. The van der Waals surface area contributed by atoms with Crippen LogP contribution < -0.4 is 20.1 Å². The van der Waals surface area contributed by atoms with Crippen molar-refractivity contribution in [3.63, 3.8) is 0 Å². The van der Waals surface area contributed by atoms with Crippen molar-refractivity contribution in [3.8, 4) is 11.5 Å². The molecule has 3 rings (SSSR count). The molecule has 0 radical (unpaired) electrons. The summed E-state index contributed by atoms with van der Waals surface area (Å²) in [5, 5.41) is 7.33. The first-order valence-electron chi connectivity index (χ1n) is 8.54. The van der Waals surface area contributed by atoms with Gasteiger partial charge in [-0.3, -0.25) is 0 Å². The molecular formula is C18H25ClIN3O2. The molecule has 5 nitrogen and oxygen atoms in total. The molecule has 1 aliphatic heterocycles. The number of fused-ring (bicyclic) bond motifs is 1. The topological polar surface area (TPSA) is 54.9 Å². The van der Waals surface area contributed by atoms with E-state index in [0.717, 1.165) is 37.3 Å². The van der Waals surface area contributed by atoms with E-state index in [1.165, 1.54) is 0 Å². The van der Waals surface area contributed by atoms with Crippen molar-refractivity contribution < 1.29 is 9.47 Å². The molecule has 1 aliphatic carbocycles. The van der Waals surface area contributed by atoms with E-state index in [4.69, 9.17) is 21.1 Å². The van der Waals surface area contributed by atoms with Gasteiger partial charge >= 0.3 is 0 Å². The van der Waals surface area contributed by atoms with Gasteiger partial charge in [-0.25, -0.2) is 4.99 Å². The third kappa shape index (κ3) is 5.67. The number of rotatable bonds is 4. The molecule has 0 aromatic heterocycles. The molecule has 0 unspecified atom stereocenters. The second-order valence-corrected chi connectivity index (χ2v) is 6.34. The number of ether oxygens (including phenoxy) is 2. The highest BCUT2D eigenvalue weighted by atomic mass is 127. The largest absolute Gasteiger partial charge is 0.489 e. The quantitative estimate of drug-likeness (QED) is 0.299. The minimum Gasteiger partial charge on any atom is -0.489 e. The Hall–Kier alpha value is -1.15. The number of hydrogen-bond donors (Lipinski definition) is 2. The summed E-state index contributed by atoms with van der Waals surface area (Å²) >= 11 is 6.34. The molecule has 0 saturated carbocycles. The van der Waals surface area contributed by atoms with E-state index in [1.807, 2.05) is 12.1 Å². The van der Waals surface area contributed by atoms with E-state index >= 15 is 0 Å². The van der Waals surface area contributed by atoms with Crippen LogP contribution in [-0.4, -0.2) is 31.8 Å². The van der Waals surface area contributed by atoms with E-state index in [9.17, 15) is 0 Å². The molecular weight excluding hydrogens is 453 g/mol. The number of hydrogen-bond acceptors (Lipinski definition) is 3. The second kappa shape index (κ2) is 10.1. The van der Waals surface area contributed by atoms with Crippen molar-refractivity contribution in [3.05, 3.63) is 34.9 Å².